The number of Topliss-reactive ketones (excluding diaryl/α,β-unsaturated/α-hetero) is 1. The van der Waals surface area contributed by atoms with Gasteiger partial charge >= 0.3 is 0 Å². The average Bonchev–Trinajstić information content (AvgIpc) is 2.22. The first kappa shape index (κ1) is 12.2. The van der Waals surface area contributed by atoms with E-state index >= 15 is 0 Å². The molecule has 15 heavy (non-hydrogen) atoms. The summed E-state index contributed by atoms with van der Waals surface area (Å²) < 4.78 is 1.07. The van der Waals surface area contributed by atoms with Crippen molar-refractivity contribution in [3.05, 3.63) is 39.5 Å². The minimum atomic E-state index is 0.0931. The topological polar surface area (TPSA) is 43.1 Å². The molecule has 80 valence electrons. The molecule has 0 aliphatic carbocycles. The van der Waals surface area contributed by atoms with Gasteiger partial charge in [0.15, 0.2) is 5.78 Å². The van der Waals surface area contributed by atoms with Crippen LogP contribution in [0.1, 0.15) is 29.3 Å². The maximum atomic E-state index is 11.6. The zero-order valence-corrected chi connectivity index (χ0v) is 10.9. The van der Waals surface area contributed by atoms with Crippen LogP contribution in [0.25, 0.3) is 0 Å². The van der Waals surface area contributed by atoms with Crippen LogP contribution < -0.4 is 5.73 Å². The van der Waals surface area contributed by atoms with E-state index < -0.39 is 0 Å². The predicted molar refractivity (Wildman–Crippen MR) is 72.1 cm³/mol. The second-order valence-corrected chi connectivity index (χ2v) is 4.46. The quantitative estimate of drug-likeness (QED) is 0.401. The molecule has 0 heterocycles. The van der Waals surface area contributed by atoms with Gasteiger partial charge in [0.2, 0.25) is 0 Å². The van der Waals surface area contributed by atoms with Gasteiger partial charge in [0.1, 0.15) is 0 Å². The van der Waals surface area contributed by atoms with Crippen LogP contribution in [0.2, 0.25) is 0 Å². The lowest BCUT2D eigenvalue weighted by Crippen LogP contribution is -2.04. The summed E-state index contributed by atoms with van der Waals surface area (Å²) in [6.45, 7) is 5.53. The highest BCUT2D eigenvalue weighted by Gasteiger charge is 2.10. The number of allylic oxidation sites excluding steroid dienone is 1. The first-order valence-electron chi connectivity index (χ1n) is 4.82. The van der Waals surface area contributed by atoms with Crippen LogP contribution in [0.5, 0.6) is 0 Å². The molecule has 0 aliphatic rings. The van der Waals surface area contributed by atoms with E-state index in [1.54, 1.807) is 0 Å². The summed E-state index contributed by atoms with van der Waals surface area (Å²) in [4.78, 5) is 11.6. The third kappa shape index (κ3) is 2.81. The fourth-order valence-electron chi connectivity index (χ4n) is 1.38. The van der Waals surface area contributed by atoms with Crippen molar-refractivity contribution in [2.75, 3.05) is 5.73 Å². The Morgan fingerprint density at radius 2 is 2.27 bits per heavy atom. The summed E-state index contributed by atoms with van der Waals surface area (Å²) in [5.41, 5.74) is 8.16. The molecule has 0 amide bonds. The number of hydrogen-bond donors (Lipinski definition) is 1. The highest BCUT2D eigenvalue weighted by atomic mass is 127. The molecule has 1 aromatic rings. The van der Waals surface area contributed by atoms with Crippen LogP contribution in [0.4, 0.5) is 5.69 Å². The molecule has 0 saturated heterocycles. The van der Waals surface area contributed by atoms with Gasteiger partial charge in [0.05, 0.1) is 0 Å². The van der Waals surface area contributed by atoms with Gasteiger partial charge in [-0.15, -0.1) is 6.58 Å². The zero-order valence-electron chi connectivity index (χ0n) is 8.72. The van der Waals surface area contributed by atoms with Crippen molar-refractivity contribution in [3.8, 4) is 0 Å². The molecule has 1 rings (SSSR count). The summed E-state index contributed by atoms with van der Waals surface area (Å²) >= 11 is 2.22. The average molecular weight is 315 g/mol. The summed E-state index contributed by atoms with van der Waals surface area (Å²) in [5.74, 6) is 0.0931. The van der Waals surface area contributed by atoms with E-state index in [2.05, 4.69) is 29.2 Å². The fourth-order valence-corrected chi connectivity index (χ4v) is 2.07. The number of carbonyl (C=O) groups excluding carboxylic acids is 1. The second-order valence-electron chi connectivity index (χ2n) is 3.30. The molecule has 0 atom stereocenters. The molecule has 0 aliphatic heterocycles. The summed E-state index contributed by atoms with van der Waals surface area (Å²) in [7, 11) is 0. The van der Waals surface area contributed by atoms with Gasteiger partial charge in [-0.1, -0.05) is 13.0 Å². The lowest BCUT2D eigenvalue weighted by atomic mass is 10.0. The highest BCUT2D eigenvalue weighted by molar-refractivity contribution is 14.1. The molecule has 0 aromatic heterocycles. The number of ketones is 1. The lowest BCUT2D eigenvalue weighted by molar-refractivity contribution is 0.0989. The lowest BCUT2D eigenvalue weighted by Gasteiger charge is -2.08. The Morgan fingerprint density at radius 3 is 2.80 bits per heavy atom. The number of hydrogen-bond acceptors (Lipinski definition) is 2. The van der Waals surface area contributed by atoms with Gasteiger partial charge in [-0.2, -0.15) is 0 Å². The fraction of sp³-hybridized carbons (Fsp3) is 0.250. The number of benzene rings is 1. The maximum Gasteiger partial charge on any atom is 0.164 e. The Kier molecular flexibility index (Phi) is 4.32. The molecule has 0 saturated carbocycles. The SMILES string of the molecule is C=CCc1cc(N)c(C(=O)CC)cc1I. The molecule has 2 N–H and O–H groups in total. The Bertz CT molecular complexity index is 399. The molecule has 1 aromatic carbocycles. The van der Waals surface area contributed by atoms with Gasteiger partial charge in [0, 0.05) is 21.2 Å². The molecule has 2 nitrogen and oxygen atoms in total. The van der Waals surface area contributed by atoms with Crippen LogP contribution in [0, 0.1) is 3.57 Å². The molecule has 0 unspecified atom stereocenters. The van der Waals surface area contributed by atoms with Crippen molar-refractivity contribution in [1.29, 1.82) is 0 Å². The predicted octanol–water partition coefficient (Wildman–Crippen LogP) is 3.19. The summed E-state index contributed by atoms with van der Waals surface area (Å²) in [6.07, 6.45) is 3.10. The Morgan fingerprint density at radius 1 is 1.60 bits per heavy atom. The smallest absolute Gasteiger partial charge is 0.164 e. The normalized spacial score (nSPS) is 10.0. The second kappa shape index (κ2) is 5.30. The minimum absolute atomic E-state index is 0.0931. The minimum Gasteiger partial charge on any atom is -0.398 e. The molecule has 0 bridgehead atoms. The summed E-state index contributed by atoms with van der Waals surface area (Å²) in [5, 5.41) is 0. The van der Waals surface area contributed by atoms with Crippen LogP contribution in [0.3, 0.4) is 0 Å². The van der Waals surface area contributed by atoms with E-state index in [9.17, 15) is 4.79 Å². The van der Waals surface area contributed by atoms with Gasteiger partial charge in [-0.05, 0) is 46.7 Å². The first-order valence-corrected chi connectivity index (χ1v) is 5.90. The van der Waals surface area contributed by atoms with E-state index in [1.165, 1.54) is 0 Å². The van der Waals surface area contributed by atoms with Gasteiger partial charge < -0.3 is 5.73 Å². The number of anilines is 1. The van der Waals surface area contributed by atoms with Crippen LogP contribution >= 0.6 is 22.6 Å². The first-order chi connectivity index (χ1) is 7.10. The van der Waals surface area contributed by atoms with Crippen molar-refractivity contribution >= 4 is 34.1 Å². The number of carbonyl (C=O) groups is 1. The number of halogens is 1. The van der Waals surface area contributed by atoms with E-state index in [0.717, 1.165) is 15.6 Å². The van der Waals surface area contributed by atoms with Crippen molar-refractivity contribution in [2.24, 2.45) is 0 Å². The van der Waals surface area contributed by atoms with E-state index in [-0.39, 0.29) is 5.78 Å². The monoisotopic (exact) mass is 315 g/mol. The van der Waals surface area contributed by atoms with E-state index in [1.807, 2.05) is 25.1 Å². The molecule has 0 spiro atoms. The van der Waals surface area contributed by atoms with Crippen molar-refractivity contribution in [1.82, 2.24) is 0 Å². The number of nitrogen functional groups attached to an aromatic ring is 1. The maximum absolute atomic E-state index is 11.6. The van der Waals surface area contributed by atoms with E-state index in [4.69, 9.17) is 5.73 Å². The Balaban J connectivity index is 3.18. The van der Waals surface area contributed by atoms with Crippen molar-refractivity contribution < 1.29 is 4.79 Å². The standard InChI is InChI=1S/C12H14INO/c1-3-5-8-6-11(14)9(7-10(8)13)12(15)4-2/h3,6-7H,1,4-5,14H2,2H3. The molecule has 0 radical (unpaired) electrons. The third-order valence-electron chi connectivity index (χ3n) is 2.20. The summed E-state index contributed by atoms with van der Waals surface area (Å²) in [6, 6.07) is 3.73. The van der Waals surface area contributed by atoms with Gasteiger partial charge in [-0.3, -0.25) is 4.79 Å². The van der Waals surface area contributed by atoms with Crippen molar-refractivity contribution in [2.45, 2.75) is 19.8 Å². The van der Waals surface area contributed by atoms with E-state index in [0.29, 0.717) is 17.7 Å². The van der Waals surface area contributed by atoms with Gasteiger partial charge in [-0.25, -0.2) is 0 Å². The third-order valence-corrected chi connectivity index (χ3v) is 3.21. The Hall–Kier alpha value is -0.840. The molecular weight excluding hydrogens is 301 g/mol. The van der Waals surface area contributed by atoms with Crippen LogP contribution in [0.15, 0.2) is 24.8 Å². The van der Waals surface area contributed by atoms with Gasteiger partial charge in [0.25, 0.3) is 0 Å². The molecule has 0 fully saturated rings. The Labute approximate surface area is 104 Å². The van der Waals surface area contributed by atoms with Crippen LogP contribution in [-0.4, -0.2) is 5.78 Å². The molecule has 3 heteroatoms. The largest absolute Gasteiger partial charge is 0.398 e. The highest BCUT2D eigenvalue weighted by Crippen LogP contribution is 2.22. The van der Waals surface area contributed by atoms with Crippen molar-refractivity contribution in [3.63, 3.8) is 0 Å². The number of rotatable bonds is 4. The zero-order chi connectivity index (χ0) is 11.4. The van der Waals surface area contributed by atoms with Crippen LogP contribution in [-0.2, 0) is 6.42 Å². The molecular formula is C12H14INO. The number of nitrogens with two attached hydrogens (primary N) is 1.